The first-order chi connectivity index (χ1) is 8.42. The van der Waals surface area contributed by atoms with Gasteiger partial charge < -0.3 is 10.6 Å². The molecule has 17 heavy (non-hydrogen) atoms. The minimum atomic E-state index is 0.635. The number of hydrogen-bond acceptors (Lipinski definition) is 4. The molecule has 4 nitrogen and oxygen atoms in total. The molecule has 0 saturated heterocycles. The van der Waals surface area contributed by atoms with Gasteiger partial charge in [0.2, 0.25) is 5.95 Å². The third kappa shape index (κ3) is 2.26. The molecule has 0 amide bonds. The average molecular weight is 226 g/mol. The molecule has 4 heteroatoms. The van der Waals surface area contributed by atoms with Crippen LogP contribution in [0.3, 0.4) is 0 Å². The summed E-state index contributed by atoms with van der Waals surface area (Å²) in [6.07, 6.45) is 4.57. The largest absolute Gasteiger partial charge is 0.324 e. The van der Waals surface area contributed by atoms with Crippen molar-refractivity contribution in [2.24, 2.45) is 0 Å². The van der Waals surface area contributed by atoms with Crippen molar-refractivity contribution in [2.75, 3.05) is 11.9 Å². The van der Waals surface area contributed by atoms with Crippen molar-refractivity contribution in [2.45, 2.75) is 13.0 Å². The van der Waals surface area contributed by atoms with Crippen LogP contribution in [-0.2, 0) is 13.0 Å². The van der Waals surface area contributed by atoms with E-state index in [0.29, 0.717) is 5.95 Å². The SMILES string of the molecule is c1cnc(Nc2ccc3c(c2)CNCC3)nc1. The first-order valence-corrected chi connectivity index (χ1v) is 5.78. The molecule has 1 aliphatic heterocycles. The van der Waals surface area contributed by atoms with Crippen LogP contribution in [-0.4, -0.2) is 16.5 Å². The number of anilines is 2. The molecule has 0 fully saturated rings. The van der Waals surface area contributed by atoms with Gasteiger partial charge in [-0.2, -0.15) is 0 Å². The topological polar surface area (TPSA) is 49.8 Å². The second-order valence-electron chi connectivity index (χ2n) is 4.11. The maximum absolute atomic E-state index is 4.15. The second kappa shape index (κ2) is 4.51. The van der Waals surface area contributed by atoms with E-state index in [0.717, 1.165) is 25.2 Å². The monoisotopic (exact) mass is 226 g/mol. The summed E-state index contributed by atoms with van der Waals surface area (Å²) in [6, 6.07) is 8.24. The van der Waals surface area contributed by atoms with Crippen LogP contribution in [0.15, 0.2) is 36.7 Å². The number of aromatic nitrogens is 2. The van der Waals surface area contributed by atoms with Gasteiger partial charge in [0.25, 0.3) is 0 Å². The van der Waals surface area contributed by atoms with Crippen molar-refractivity contribution in [3.05, 3.63) is 47.8 Å². The molecule has 0 unspecified atom stereocenters. The van der Waals surface area contributed by atoms with Gasteiger partial charge in [0.1, 0.15) is 0 Å². The summed E-state index contributed by atoms with van der Waals surface area (Å²) < 4.78 is 0. The summed E-state index contributed by atoms with van der Waals surface area (Å²) in [5.74, 6) is 0.635. The van der Waals surface area contributed by atoms with Crippen molar-refractivity contribution in [3.63, 3.8) is 0 Å². The highest BCUT2D eigenvalue weighted by atomic mass is 15.1. The first kappa shape index (κ1) is 10.2. The average Bonchev–Trinajstić information content (AvgIpc) is 2.40. The van der Waals surface area contributed by atoms with Crippen molar-refractivity contribution >= 4 is 11.6 Å². The third-order valence-corrected chi connectivity index (χ3v) is 2.91. The molecule has 0 spiro atoms. The molecule has 0 aliphatic carbocycles. The molecule has 0 bridgehead atoms. The summed E-state index contributed by atoms with van der Waals surface area (Å²) in [7, 11) is 0. The highest BCUT2D eigenvalue weighted by Crippen LogP contribution is 2.20. The van der Waals surface area contributed by atoms with Crippen molar-refractivity contribution < 1.29 is 0 Å². The van der Waals surface area contributed by atoms with Gasteiger partial charge in [-0.25, -0.2) is 9.97 Å². The van der Waals surface area contributed by atoms with Crippen LogP contribution in [0.2, 0.25) is 0 Å². The Morgan fingerprint density at radius 2 is 2.00 bits per heavy atom. The van der Waals surface area contributed by atoms with Gasteiger partial charge in [-0.1, -0.05) is 6.07 Å². The molecule has 0 radical (unpaired) electrons. The zero-order valence-corrected chi connectivity index (χ0v) is 9.48. The Hall–Kier alpha value is -1.94. The van der Waals surface area contributed by atoms with Crippen LogP contribution < -0.4 is 10.6 Å². The number of nitrogens with one attached hydrogen (secondary N) is 2. The van der Waals surface area contributed by atoms with Gasteiger partial charge >= 0.3 is 0 Å². The molecular weight excluding hydrogens is 212 g/mol. The Morgan fingerprint density at radius 3 is 2.88 bits per heavy atom. The van der Waals surface area contributed by atoms with E-state index in [-0.39, 0.29) is 0 Å². The lowest BCUT2D eigenvalue weighted by Gasteiger charge is -2.18. The van der Waals surface area contributed by atoms with Gasteiger partial charge in [0.15, 0.2) is 0 Å². The normalized spacial score (nSPS) is 14.1. The summed E-state index contributed by atoms with van der Waals surface area (Å²) in [6.45, 7) is 2.02. The number of fused-ring (bicyclic) bond motifs is 1. The molecule has 1 aliphatic rings. The van der Waals surface area contributed by atoms with E-state index in [1.807, 2.05) is 6.07 Å². The highest BCUT2D eigenvalue weighted by Gasteiger charge is 2.08. The summed E-state index contributed by atoms with van der Waals surface area (Å²) >= 11 is 0. The summed E-state index contributed by atoms with van der Waals surface area (Å²) in [5, 5.41) is 6.58. The molecule has 3 rings (SSSR count). The third-order valence-electron chi connectivity index (χ3n) is 2.91. The van der Waals surface area contributed by atoms with E-state index >= 15 is 0 Å². The Kier molecular flexibility index (Phi) is 2.71. The fourth-order valence-electron chi connectivity index (χ4n) is 2.05. The smallest absolute Gasteiger partial charge is 0.227 e. The molecular formula is C13H14N4. The van der Waals surface area contributed by atoms with Crippen molar-refractivity contribution in [1.82, 2.24) is 15.3 Å². The zero-order chi connectivity index (χ0) is 11.5. The predicted octanol–water partition coefficient (Wildman–Crippen LogP) is 1.87. The standard InChI is InChI=1S/C13H14N4/c1-5-15-13(16-6-1)17-12-3-2-10-4-7-14-9-11(10)8-12/h1-3,5-6,8,14H,4,7,9H2,(H,15,16,17). The number of hydrogen-bond donors (Lipinski definition) is 2. The summed E-state index contributed by atoms with van der Waals surface area (Å²) in [4.78, 5) is 8.30. The summed E-state index contributed by atoms with van der Waals surface area (Å²) in [5.41, 5.74) is 3.83. The lowest BCUT2D eigenvalue weighted by molar-refractivity contribution is 0.644. The van der Waals surface area contributed by atoms with Crippen LogP contribution in [0.4, 0.5) is 11.6 Å². The van der Waals surface area contributed by atoms with E-state index in [9.17, 15) is 0 Å². The Morgan fingerprint density at radius 1 is 1.12 bits per heavy atom. The zero-order valence-electron chi connectivity index (χ0n) is 9.48. The molecule has 2 N–H and O–H groups in total. The Labute approximate surface area is 100 Å². The molecule has 0 atom stereocenters. The maximum atomic E-state index is 4.15. The van der Waals surface area contributed by atoms with Crippen LogP contribution >= 0.6 is 0 Å². The maximum Gasteiger partial charge on any atom is 0.227 e. The lowest BCUT2D eigenvalue weighted by Crippen LogP contribution is -2.23. The van der Waals surface area contributed by atoms with Crippen LogP contribution in [0.1, 0.15) is 11.1 Å². The van der Waals surface area contributed by atoms with Crippen LogP contribution in [0, 0.1) is 0 Å². The van der Waals surface area contributed by atoms with E-state index in [1.165, 1.54) is 11.1 Å². The number of nitrogens with zero attached hydrogens (tertiary/aromatic N) is 2. The Bertz CT molecular complexity index is 510. The van der Waals surface area contributed by atoms with Crippen LogP contribution in [0.5, 0.6) is 0 Å². The van der Waals surface area contributed by atoms with Crippen LogP contribution in [0.25, 0.3) is 0 Å². The molecule has 1 aromatic carbocycles. The fourth-order valence-corrected chi connectivity index (χ4v) is 2.05. The Balaban J connectivity index is 1.84. The van der Waals surface area contributed by atoms with Gasteiger partial charge in [-0.05, 0) is 42.3 Å². The fraction of sp³-hybridized carbons (Fsp3) is 0.231. The van der Waals surface area contributed by atoms with E-state index in [1.54, 1.807) is 12.4 Å². The van der Waals surface area contributed by atoms with E-state index in [2.05, 4.69) is 38.8 Å². The molecule has 2 heterocycles. The second-order valence-corrected chi connectivity index (χ2v) is 4.11. The highest BCUT2D eigenvalue weighted by molar-refractivity contribution is 5.56. The predicted molar refractivity (Wildman–Crippen MR) is 67.2 cm³/mol. The first-order valence-electron chi connectivity index (χ1n) is 5.78. The lowest BCUT2D eigenvalue weighted by atomic mass is 10.0. The van der Waals surface area contributed by atoms with Crippen molar-refractivity contribution in [1.29, 1.82) is 0 Å². The minimum Gasteiger partial charge on any atom is -0.324 e. The van der Waals surface area contributed by atoms with E-state index in [4.69, 9.17) is 0 Å². The van der Waals surface area contributed by atoms with Gasteiger partial charge in [0, 0.05) is 24.6 Å². The minimum absolute atomic E-state index is 0.635. The molecule has 1 aromatic heterocycles. The van der Waals surface area contributed by atoms with Gasteiger partial charge in [-0.3, -0.25) is 0 Å². The molecule has 86 valence electrons. The molecule has 0 saturated carbocycles. The van der Waals surface area contributed by atoms with Crippen molar-refractivity contribution in [3.8, 4) is 0 Å². The van der Waals surface area contributed by atoms with Gasteiger partial charge in [0.05, 0.1) is 0 Å². The van der Waals surface area contributed by atoms with E-state index < -0.39 is 0 Å². The molecule has 2 aromatic rings. The quantitative estimate of drug-likeness (QED) is 0.820. The van der Waals surface area contributed by atoms with Gasteiger partial charge in [-0.15, -0.1) is 0 Å². The number of benzene rings is 1. The number of rotatable bonds is 2.